The highest BCUT2D eigenvalue weighted by Crippen LogP contribution is 2.40. The van der Waals surface area contributed by atoms with Gasteiger partial charge in [0.2, 0.25) is 0 Å². The summed E-state index contributed by atoms with van der Waals surface area (Å²) in [6.07, 6.45) is 2.74. The number of phenolic OH excluding ortho intramolecular Hbond substituents is 2. The number of carbonyl (C=O) groups excluding carboxylic acids is 2. The zero-order valence-corrected chi connectivity index (χ0v) is 20.4. The number of esters is 2. The number of hydrogen-bond acceptors (Lipinski definition) is 6. The number of phenols is 2. The van der Waals surface area contributed by atoms with Crippen LogP contribution in [-0.4, -0.2) is 34.4 Å². The van der Waals surface area contributed by atoms with E-state index in [0.717, 1.165) is 22.3 Å². The van der Waals surface area contributed by atoms with Gasteiger partial charge in [0, 0.05) is 25.7 Å². The summed E-state index contributed by atoms with van der Waals surface area (Å²) < 4.78 is 11.8. The molecule has 0 radical (unpaired) electrons. The highest BCUT2D eigenvalue weighted by atomic mass is 16.5. The fraction of sp³-hybridized carbons (Fsp3) is 0.500. The van der Waals surface area contributed by atoms with Crippen molar-refractivity contribution in [3.63, 3.8) is 0 Å². The third-order valence-electron chi connectivity index (χ3n) is 7.38. The first-order chi connectivity index (χ1) is 16.0. The molecule has 3 unspecified atom stereocenters. The molecule has 182 valence electrons. The summed E-state index contributed by atoms with van der Waals surface area (Å²) in [6.45, 7) is 7.42. The minimum atomic E-state index is -0.870. The Hall–Kier alpha value is -3.02. The second kappa shape index (κ2) is 8.97. The maximum Gasteiger partial charge on any atom is 0.312 e. The van der Waals surface area contributed by atoms with Crippen molar-refractivity contribution in [1.29, 1.82) is 0 Å². The molecule has 3 atom stereocenters. The zero-order chi connectivity index (χ0) is 24.7. The van der Waals surface area contributed by atoms with Crippen molar-refractivity contribution in [2.24, 2.45) is 10.8 Å². The Labute approximate surface area is 200 Å². The van der Waals surface area contributed by atoms with Gasteiger partial charge in [-0.15, -0.1) is 0 Å². The van der Waals surface area contributed by atoms with E-state index in [9.17, 15) is 19.8 Å². The van der Waals surface area contributed by atoms with Gasteiger partial charge < -0.3 is 19.7 Å². The van der Waals surface area contributed by atoms with Gasteiger partial charge in [0.1, 0.15) is 23.7 Å². The van der Waals surface area contributed by atoms with Crippen molar-refractivity contribution in [3.05, 3.63) is 58.7 Å². The molecule has 34 heavy (non-hydrogen) atoms. The quantitative estimate of drug-likeness (QED) is 0.577. The molecular formula is C28H34O6. The minimum absolute atomic E-state index is 0.213. The number of aromatic hydroxyl groups is 2. The highest BCUT2D eigenvalue weighted by molar-refractivity contribution is 5.80. The lowest BCUT2D eigenvalue weighted by Crippen LogP contribution is -2.41. The number of rotatable bonds is 7. The molecule has 4 rings (SSSR count). The van der Waals surface area contributed by atoms with Crippen molar-refractivity contribution in [2.75, 3.05) is 0 Å². The molecule has 2 aromatic rings. The first-order valence-corrected chi connectivity index (χ1v) is 12.0. The van der Waals surface area contributed by atoms with Crippen LogP contribution in [0, 0.1) is 10.8 Å². The van der Waals surface area contributed by atoms with Gasteiger partial charge in [-0.1, -0.05) is 19.1 Å². The molecule has 0 saturated heterocycles. The zero-order valence-electron chi connectivity index (χ0n) is 20.4. The van der Waals surface area contributed by atoms with Crippen LogP contribution in [0.15, 0.2) is 36.4 Å². The van der Waals surface area contributed by atoms with Crippen LogP contribution in [0.5, 0.6) is 11.5 Å². The SMILES string of the molecule is CCC(C)(CC(C)(C)C(=O)OC1Cc2ccc(O)cc2C1)C(=O)OC1Cc2ccc(O)cc2C1. The molecule has 0 bridgehead atoms. The summed E-state index contributed by atoms with van der Waals surface area (Å²) in [5.41, 5.74) is 2.48. The van der Waals surface area contributed by atoms with Crippen molar-refractivity contribution < 1.29 is 29.3 Å². The van der Waals surface area contributed by atoms with Crippen molar-refractivity contribution >= 4 is 11.9 Å². The Morgan fingerprint density at radius 1 is 0.794 bits per heavy atom. The third kappa shape index (κ3) is 4.91. The van der Waals surface area contributed by atoms with Gasteiger partial charge in [-0.2, -0.15) is 0 Å². The molecule has 0 amide bonds. The van der Waals surface area contributed by atoms with Gasteiger partial charge in [0.15, 0.2) is 0 Å². The van der Waals surface area contributed by atoms with E-state index in [4.69, 9.17) is 9.47 Å². The lowest BCUT2D eigenvalue weighted by molar-refractivity contribution is -0.168. The average Bonchev–Trinajstić information content (AvgIpc) is 3.35. The molecule has 2 N–H and O–H groups in total. The van der Waals surface area contributed by atoms with E-state index in [0.29, 0.717) is 38.5 Å². The summed E-state index contributed by atoms with van der Waals surface area (Å²) in [5, 5.41) is 19.4. The van der Waals surface area contributed by atoms with Crippen LogP contribution in [0.4, 0.5) is 0 Å². The lowest BCUT2D eigenvalue weighted by atomic mass is 9.72. The van der Waals surface area contributed by atoms with E-state index in [2.05, 4.69) is 0 Å². The van der Waals surface area contributed by atoms with Crippen LogP contribution in [0.3, 0.4) is 0 Å². The smallest absolute Gasteiger partial charge is 0.312 e. The van der Waals surface area contributed by atoms with Crippen molar-refractivity contribution in [2.45, 2.75) is 78.4 Å². The first kappa shape index (κ1) is 24.1. The Bertz CT molecular complexity index is 1100. The molecule has 0 spiro atoms. The molecule has 6 nitrogen and oxygen atoms in total. The Morgan fingerprint density at radius 2 is 1.24 bits per heavy atom. The Balaban J connectivity index is 1.37. The van der Waals surface area contributed by atoms with E-state index in [-0.39, 0.29) is 35.6 Å². The van der Waals surface area contributed by atoms with Gasteiger partial charge in [-0.25, -0.2) is 0 Å². The van der Waals surface area contributed by atoms with E-state index in [1.807, 2.05) is 39.8 Å². The summed E-state index contributed by atoms with van der Waals surface area (Å²) >= 11 is 0. The summed E-state index contributed by atoms with van der Waals surface area (Å²) in [5.74, 6) is -0.204. The maximum atomic E-state index is 13.2. The molecule has 0 heterocycles. The largest absolute Gasteiger partial charge is 0.508 e. The third-order valence-corrected chi connectivity index (χ3v) is 7.38. The van der Waals surface area contributed by atoms with Crippen LogP contribution < -0.4 is 0 Å². The van der Waals surface area contributed by atoms with Crippen LogP contribution in [-0.2, 0) is 44.7 Å². The fourth-order valence-corrected chi connectivity index (χ4v) is 5.29. The summed E-state index contributed by atoms with van der Waals surface area (Å²) in [6, 6.07) is 10.5. The van der Waals surface area contributed by atoms with Gasteiger partial charge >= 0.3 is 11.9 Å². The van der Waals surface area contributed by atoms with E-state index < -0.39 is 10.8 Å². The van der Waals surface area contributed by atoms with Crippen LogP contribution in [0.25, 0.3) is 0 Å². The molecule has 0 fully saturated rings. The molecule has 6 heteroatoms. The maximum absolute atomic E-state index is 13.2. The first-order valence-electron chi connectivity index (χ1n) is 12.0. The van der Waals surface area contributed by atoms with E-state index in [1.165, 1.54) is 0 Å². The normalized spacial score (nSPS) is 20.8. The molecule has 0 saturated carbocycles. The number of fused-ring (bicyclic) bond motifs is 2. The van der Waals surface area contributed by atoms with E-state index >= 15 is 0 Å². The average molecular weight is 467 g/mol. The van der Waals surface area contributed by atoms with Crippen molar-refractivity contribution in [3.8, 4) is 11.5 Å². The molecule has 2 aliphatic rings. The fourth-order valence-electron chi connectivity index (χ4n) is 5.29. The number of ether oxygens (including phenoxy) is 2. The predicted molar refractivity (Wildman–Crippen MR) is 128 cm³/mol. The second-order valence-electron chi connectivity index (χ2n) is 10.8. The minimum Gasteiger partial charge on any atom is -0.508 e. The molecule has 2 aromatic carbocycles. The van der Waals surface area contributed by atoms with Crippen LogP contribution in [0.1, 0.15) is 62.8 Å². The van der Waals surface area contributed by atoms with Gasteiger partial charge in [-0.3, -0.25) is 9.59 Å². The van der Waals surface area contributed by atoms with Gasteiger partial charge in [0.25, 0.3) is 0 Å². The number of carbonyl (C=O) groups is 2. The standard InChI is InChI=1S/C28H34O6/c1-5-28(4,26(32)34-24-13-18-7-9-22(30)11-20(18)15-24)16-27(2,3)25(31)33-23-12-17-6-8-21(29)10-19(17)14-23/h6-11,23-24,29-30H,5,12-16H2,1-4H3. The van der Waals surface area contributed by atoms with Crippen molar-refractivity contribution in [1.82, 2.24) is 0 Å². The number of hydrogen-bond donors (Lipinski definition) is 2. The van der Waals surface area contributed by atoms with Gasteiger partial charge in [0.05, 0.1) is 10.8 Å². The monoisotopic (exact) mass is 466 g/mol. The topological polar surface area (TPSA) is 93.1 Å². The molecule has 2 aliphatic carbocycles. The Morgan fingerprint density at radius 3 is 1.71 bits per heavy atom. The second-order valence-corrected chi connectivity index (χ2v) is 10.8. The van der Waals surface area contributed by atoms with Gasteiger partial charge in [-0.05, 0) is 80.1 Å². The highest BCUT2D eigenvalue weighted by Gasteiger charge is 2.44. The van der Waals surface area contributed by atoms with Crippen LogP contribution >= 0.6 is 0 Å². The Kier molecular flexibility index (Phi) is 6.36. The van der Waals surface area contributed by atoms with Crippen LogP contribution in [0.2, 0.25) is 0 Å². The predicted octanol–water partition coefficient (Wildman–Crippen LogP) is 4.65. The molecule has 0 aliphatic heterocycles. The molecule has 0 aromatic heterocycles. The number of benzene rings is 2. The summed E-state index contributed by atoms with van der Waals surface area (Å²) in [4.78, 5) is 26.4. The van der Waals surface area contributed by atoms with E-state index in [1.54, 1.807) is 24.3 Å². The summed E-state index contributed by atoms with van der Waals surface area (Å²) in [7, 11) is 0. The molecular weight excluding hydrogens is 432 g/mol. The lowest BCUT2D eigenvalue weighted by Gasteiger charge is -2.35.